The lowest BCUT2D eigenvalue weighted by Gasteiger charge is -2.41. The third kappa shape index (κ3) is 1.94. The highest BCUT2D eigenvalue weighted by Gasteiger charge is 2.32. The van der Waals surface area contributed by atoms with E-state index in [9.17, 15) is 4.79 Å². The minimum Gasteiger partial charge on any atom is -0.364 e. The number of carbonyl (C=O) groups is 1. The summed E-state index contributed by atoms with van der Waals surface area (Å²) in [6.07, 6.45) is 1.01. The molecule has 1 aliphatic heterocycles. The maximum atomic E-state index is 11.7. The van der Waals surface area contributed by atoms with Gasteiger partial charge in [-0.3, -0.25) is 4.90 Å². The number of methoxy groups -OCH3 is 1. The Balaban J connectivity index is 2.67. The molecule has 2 atom stereocenters. The predicted molar refractivity (Wildman–Crippen MR) is 50.4 cm³/mol. The maximum absolute atomic E-state index is 11.7. The molecule has 0 saturated carbocycles. The topological polar surface area (TPSA) is 32.8 Å². The maximum Gasteiger partial charge on any atom is 0.322 e. The molecule has 1 aliphatic rings. The summed E-state index contributed by atoms with van der Waals surface area (Å²) >= 11 is 0. The number of amides is 2. The van der Waals surface area contributed by atoms with Gasteiger partial charge in [0.15, 0.2) is 0 Å². The Kier molecular flexibility index (Phi) is 3.14. The highest BCUT2D eigenvalue weighted by atomic mass is 16.5. The molecule has 0 aliphatic carbocycles. The van der Waals surface area contributed by atoms with Crippen molar-refractivity contribution in [1.29, 1.82) is 0 Å². The van der Waals surface area contributed by atoms with Gasteiger partial charge in [-0.15, -0.1) is 0 Å². The number of ether oxygens (including phenoxy) is 1. The minimum absolute atomic E-state index is 0.0631. The standard InChI is InChI=1S/C9H18N2O2/c1-7-5-8(2)11(6-13-4)9(12)10(7)3/h7-8H,5-6H2,1-4H3. The summed E-state index contributed by atoms with van der Waals surface area (Å²) in [4.78, 5) is 15.2. The number of hydrogen-bond donors (Lipinski definition) is 0. The fourth-order valence-corrected chi connectivity index (χ4v) is 1.68. The molecular weight excluding hydrogens is 168 g/mol. The third-order valence-electron chi connectivity index (χ3n) is 2.69. The zero-order chi connectivity index (χ0) is 10.0. The number of hydrogen-bond acceptors (Lipinski definition) is 2. The molecule has 2 unspecified atom stereocenters. The number of carbonyl (C=O) groups excluding carboxylic acids is 1. The summed E-state index contributed by atoms with van der Waals surface area (Å²) in [6.45, 7) is 4.51. The number of nitrogens with zero attached hydrogens (tertiary/aromatic N) is 2. The van der Waals surface area contributed by atoms with Gasteiger partial charge in [-0.1, -0.05) is 0 Å². The average Bonchev–Trinajstić information content (AvgIpc) is 2.09. The molecule has 1 heterocycles. The second-order valence-corrected chi connectivity index (χ2v) is 3.71. The zero-order valence-corrected chi connectivity index (χ0v) is 8.78. The largest absolute Gasteiger partial charge is 0.364 e. The summed E-state index contributed by atoms with van der Waals surface area (Å²) in [6, 6.07) is 0.669. The SMILES string of the molecule is COCN1C(=O)N(C)C(C)CC1C. The molecular formula is C9H18N2O2. The van der Waals surface area contributed by atoms with Crippen LogP contribution in [0.25, 0.3) is 0 Å². The van der Waals surface area contributed by atoms with Gasteiger partial charge in [0.1, 0.15) is 6.73 Å². The summed E-state index contributed by atoms with van der Waals surface area (Å²) in [7, 11) is 3.44. The van der Waals surface area contributed by atoms with Crippen molar-refractivity contribution in [1.82, 2.24) is 9.80 Å². The lowest BCUT2D eigenvalue weighted by molar-refractivity contribution is 0.0180. The Morgan fingerprint density at radius 2 is 2.08 bits per heavy atom. The Bertz CT molecular complexity index is 196. The summed E-state index contributed by atoms with van der Waals surface area (Å²) < 4.78 is 4.98. The van der Waals surface area contributed by atoms with E-state index in [1.165, 1.54) is 0 Å². The fourth-order valence-electron chi connectivity index (χ4n) is 1.68. The van der Waals surface area contributed by atoms with Gasteiger partial charge in [0.2, 0.25) is 0 Å². The molecule has 0 aromatic carbocycles. The molecule has 0 radical (unpaired) electrons. The van der Waals surface area contributed by atoms with Crippen molar-refractivity contribution < 1.29 is 9.53 Å². The first kappa shape index (κ1) is 10.3. The molecule has 2 amide bonds. The van der Waals surface area contributed by atoms with Gasteiger partial charge in [0, 0.05) is 26.2 Å². The van der Waals surface area contributed by atoms with Crippen LogP contribution < -0.4 is 0 Å². The van der Waals surface area contributed by atoms with E-state index >= 15 is 0 Å². The van der Waals surface area contributed by atoms with Gasteiger partial charge < -0.3 is 9.64 Å². The molecule has 0 aromatic rings. The van der Waals surface area contributed by atoms with E-state index in [0.717, 1.165) is 6.42 Å². The van der Waals surface area contributed by atoms with Crippen molar-refractivity contribution in [3.05, 3.63) is 0 Å². The molecule has 1 rings (SSSR count). The van der Waals surface area contributed by atoms with Gasteiger partial charge in [-0.2, -0.15) is 0 Å². The average molecular weight is 186 g/mol. The van der Waals surface area contributed by atoms with Crippen LogP contribution >= 0.6 is 0 Å². The van der Waals surface area contributed by atoms with Gasteiger partial charge in [-0.25, -0.2) is 4.79 Å². The lowest BCUT2D eigenvalue weighted by Crippen LogP contribution is -2.55. The van der Waals surface area contributed by atoms with E-state index in [-0.39, 0.29) is 12.1 Å². The van der Waals surface area contributed by atoms with Crippen molar-refractivity contribution >= 4 is 6.03 Å². The molecule has 13 heavy (non-hydrogen) atoms. The normalized spacial score (nSPS) is 29.7. The molecule has 0 aromatic heterocycles. The quantitative estimate of drug-likeness (QED) is 0.647. The molecule has 76 valence electrons. The first-order valence-electron chi connectivity index (χ1n) is 4.60. The van der Waals surface area contributed by atoms with E-state index < -0.39 is 0 Å². The zero-order valence-electron chi connectivity index (χ0n) is 8.78. The Morgan fingerprint density at radius 3 is 2.62 bits per heavy atom. The van der Waals surface area contributed by atoms with Crippen LogP contribution in [-0.2, 0) is 4.74 Å². The molecule has 4 nitrogen and oxygen atoms in total. The highest BCUT2D eigenvalue weighted by molar-refractivity contribution is 5.75. The van der Waals surface area contributed by atoms with Crippen LogP contribution in [0, 0.1) is 0 Å². The smallest absolute Gasteiger partial charge is 0.322 e. The van der Waals surface area contributed by atoms with Gasteiger partial charge >= 0.3 is 6.03 Å². The van der Waals surface area contributed by atoms with Crippen molar-refractivity contribution in [2.45, 2.75) is 32.4 Å². The molecule has 0 spiro atoms. The molecule has 1 saturated heterocycles. The van der Waals surface area contributed by atoms with Gasteiger partial charge in [-0.05, 0) is 20.3 Å². The first-order chi connectivity index (χ1) is 6.07. The second-order valence-electron chi connectivity index (χ2n) is 3.71. The molecule has 1 fully saturated rings. The Morgan fingerprint density at radius 1 is 1.46 bits per heavy atom. The van der Waals surface area contributed by atoms with Crippen LogP contribution in [0.2, 0.25) is 0 Å². The van der Waals surface area contributed by atoms with Crippen LogP contribution in [0.4, 0.5) is 4.79 Å². The van der Waals surface area contributed by atoms with E-state index in [4.69, 9.17) is 4.74 Å². The first-order valence-corrected chi connectivity index (χ1v) is 4.60. The van der Waals surface area contributed by atoms with Gasteiger partial charge in [0.25, 0.3) is 0 Å². The third-order valence-corrected chi connectivity index (χ3v) is 2.69. The lowest BCUT2D eigenvalue weighted by atomic mass is 10.1. The van der Waals surface area contributed by atoms with E-state index in [1.807, 2.05) is 7.05 Å². The number of rotatable bonds is 2. The van der Waals surface area contributed by atoms with Crippen LogP contribution in [0.3, 0.4) is 0 Å². The highest BCUT2D eigenvalue weighted by Crippen LogP contribution is 2.19. The van der Waals surface area contributed by atoms with Crippen LogP contribution in [0.5, 0.6) is 0 Å². The molecule has 0 N–H and O–H groups in total. The van der Waals surface area contributed by atoms with Crippen molar-refractivity contribution in [2.75, 3.05) is 20.9 Å². The molecule has 0 bridgehead atoms. The minimum atomic E-state index is 0.0631. The van der Waals surface area contributed by atoms with E-state index in [2.05, 4.69) is 13.8 Å². The Labute approximate surface area is 79.4 Å². The van der Waals surface area contributed by atoms with E-state index in [0.29, 0.717) is 12.8 Å². The van der Waals surface area contributed by atoms with Crippen molar-refractivity contribution in [3.8, 4) is 0 Å². The van der Waals surface area contributed by atoms with Crippen LogP contribution in [0.15, 0.2) is 0 Å². The monoisotopic (exact) mass is 186 g/mol. The predicted octanol–water partition coefficient (Wildman–Crippen LogP) is 1.12. The van der Waals surface area contributed by atoms with Crippen LogP contribution in [-0.4, -0.2) is 48.8 Å². The van der Waals surface area contributed by atoms with Crippen molar-refractivity contribution in [3.63, 3.8) is 0 Å². The molecule has 4 heteroatoms. The summed E-state index contributed by atoms with van der Waals surface area (Å²) in [5.74, 6) is 0. The fraction of sp³-hybridized carbons (Fsp3) is 0.889. The number of urea groups is 1. The van der Waals surface area contributed by atoms with E-state index in [1.54, 1.807) is 16.9 Å². The second kappa shape index (κ2) is 3.96. The van der Waals surface area contributed by atoms with Crippen LogP contribution in [0.1, 0.15) is 20.3 Å². The van der Waals surface area contributed by atoms with Crippen molar-refractivity contribution in [2.24, 2.45) is 0 Å². The summed E-state index contributed by atoms with van der Waals surface area (Å²) in [5, 5.41) is 0. The Hall–Kier alpha value is -0.770. The van der Waals surface area contributed by atoms with Gasteiger partial charge in [0.05, 0.1) is 0 Å². The summed E-state index contributed by atoms with van der Waals surface area (Å²) in [5.41, 5.74) is 0.